The van der Waals surface area contributed by atoms with Crippen molar-refractivity contribution in [3.63, 3.8) is 0 Å². The van der Waals surface area contributed by atoms with E-state index in [4.69, 9.17) is 0 Å². The molecule has 9 rings (SSSR count). The van der Waals surface area contributed by atoms with Crippen molar-refractivity contribution in [2.75, 3.05) is 5.32 Å². The topological polar surface area (TPSA) is 12.0 Å². The Bertz CT molecular complexity index is 2260. The van der Waals surface area contributed by atoms with E-state index in [1.165, 1.54) is 75.8 Å². The summed E-state index contributed by atoms with van der Waals surface area (Å²) in [6.07, 6.45) is 0. The van der Waals surface area contributed by atoms with Gasteiger partial charge >= 0.3 is 0 Å². The number of nitrogens with one attached hydrogen (secondary N) is 1. The van der Waals surface area contributed by atoms with E-state index in [-0.39, 0.29) is 5.41 Å². The van der Waals surface area contributed by atoms with Crippen molar-refractivity contribution in [1.82, 2.24) is 0 Å². The standard InChI is InChI=1S/C43H35NS/c1-25(2)27-16-19-31-32-20-17-28(26(3)4)23-38(32)43(37(31)22-27)36-13-7-5-10-30(36)33-21-18-29(24-39(33)43)44-40-14-9-12-35-34-11-6-8-15-41(34)45-42(35)40/h5-26,44H,1-4H3. The minimum Gasteiger partial charge on any atom is -0.354 e. The number of thiophene rings is 1. The van der Waals surface area contributed by atoms with Gasteiger partial charge < -0.3 is 5.32 Å². The summed E-state index contributed by atoms with van der Waals surface area (Å²) in [7, 11) is 0. The smallest absolute Gasteiger partial charge is 0.0726 e. The first kappa shape index (κ1) is 26.7. The Balaban J connectivity index is 1.31. The highest BCUT2D eigenvalue weighted by atomic mass is 32.1. The normalized spacial score (nSPS) is 13.9. The molecule has 45 heavy (non-hydrogen) atoms. The van der Waals surface area contributed by atoms with Gasteiger partial charge in [0.05, 0.1) is 15.8 Å². The van der Waals surface area contributed by atoms with E-state index in [9.17, 15) is 0 Å². The second-order valence-corrected chi connectivity index (χ2v) is 14.4. The average Bonchev–Trinajstić information content (AvgIpc) is 3.68. The number of anilines is 2. The minimum absolute atomic E-state index is 0.367. The molecular formula is C43H35NS. The highest BCUT2D eigenvalue weighted by Crippen LogP contribution is 2.63. The number of benzene rings is 6. The summed E-state index contributed by atoms with van der Waals surface area (Å²) < 4.78 is 2.63. The van der Waals surface area contributed by atoms with E-state index in [1.54, 1.807) is 0 Å². The summed E-state index contributed by atoms with van der Waals surface area (Å²) in [6, 6.07) is 46.1. The van der Waals surface area contributed by atoms with Gasteiger partial charge in [0.2, 0.25) is 0 Å². The maximum Gasteiger partial charge on any atom is 0.0726 e. The second kappa shape index (κ2) is 9.67. The van der Waals surface area contributed by atoms with Gasteiger partial charge in [-0.1, -0.05) is 125 Å². The monoisotopic (exact) mass is 597 g/mol. The summed E-state index contributed by atoms with van der Waals surface area (Å²) in [6.45, 7) is 9.22. The van der Waals surface area contributed by atoms with Gasteiger partial charge in [-0.2, -0.15) is 0 Å². The summed E-state index contributed by atoms with van der Waals surface area (Å²) in [5, 5.41) is 6.52. The summed E-state index contributed by atoms with van der Waals surface area (Å²) in [4.78, 5) is 0. The lowest BCUT2D eigenvalue weighted by molar-refractivity contribution is 0.777. The van der Waals surface area contributed by atoms with Crippen LogP contribution in [0.2, 0.25) is 0 Å². The molecule has 0 radical (unpaired) electrons. The molecule has 2 aliphatic carbocycles. The molecule has 1 aromatic heterocycles. The van der Waals surface area contributed by atoms with E-state index in [1.807, 2.05) is 11.3 Å². The first-order chi connectivity index (χ1) is 21.9. The third-order valence-corrected chi connectivity index (χ3v) is 11.5. The van der Waals surface area contributed by atoms with Crippen molar-refractivity contribution in [2.45, 2.75) is 44.9 Å². The molecule has 218 valence electrons. The van der Waals surface area contributed by atoms with Gasteiger partial charge in [-0.25, -0.2) is 0 Å². The van der Waals surface area contributed by atoms with Crippen LogP contribution in [0.5, 0.6) is 0 Å². The van der Waals surface area contributed by atoms with Crippen LogP contribution in [0.25, 0.3) is 42.4 Å². The van der Waals surface area contributed by atoms with Gasteiger partial charge in [-0.3, -0.25) is 0 Å². The van der Waals surface area contributed by atoms with Crippen LogP contribution in [0.4, 0.5) is 11.4 Å². The zero-order valence-corrected chi connectivity index (χ0v) is 26.9. The molecule has 0 fully saturated rings. The zero-order chi connectivity index (χ0) is 30.4. The van der Waals surface area contributed by atoms with Crippen molar-refractivity contribution in [3.05, 3.63) is 155 Å². The lowest BCUT2D eigenvalue weighted by Crippen LogP contribution is -2.26. The molecule has 0 amide bonds. The van der Waals surface area contributed by atoms with Gasteiger partial charge in [0, 0.05) is 21.2 Å². The molecule has 0 aliphatic heterocycles. The molecule has 1 heterocycles. The Hall–Kier alpha value is -4.66. The third-order valence-electron chi connectivity index (χ3n) is 10.2. The Labute approximate surface area is 269 Å². The zero-order valence-electron chi connectivity index (χ0n) is 26.1. The Morgan fingerprint density at radius 1 is 0.511 bits per heavy atom. The highest BCUT2D eigenvalue weighted by molar-refractivity contribution is 7.26. The number of rotatable bonds is 4. The molecule has 2 heteroatoms. The predicted molar refractivity (Wildman–Crippen MR) is 194 cm³/mol. The largest absolute Gasteiger partial charge is 0.354 e. The van der Waals surface area contributed by atoms with Crippen LogP contribution in [0.3, 0.4) is 0 Å². The molecule has 0 atom stereocenters. The quantitative estimate of drug-likeness (QED) is 0.213. The Kier molecular flexibility index (Phi) is 5.74. The van der Waals surface area contributed by atoms with Gasteiger partial charge in [0.1, 0.15) is 0 Å². The van der Waals surface area contributed by atoms with Crippen LogP contribution in [0.1, 0.15) is 72.9 Å². The maximum atomic E-state index is 3.89. The SMILES string of the molecule is CC(C)c1ccc2c(c1)C1(c3ccccc3-c3ccc(Nc4cccc5c4sc4ccccc45)cc31)c1cc(C(C)C)ccc1-2. The molecule has 1 spiro atoms. The van der Waals surface area contributed by atoms with Crippen molar-refractivity contribution >= 4 is 42.9 Å². The number of hydrogen-bond acceptors (Lipinski definition) is 2. The van der Waals surface area contributed by atoms with Crippen molar-refractivity contribution in [2.24, 2.45) is 0 Å². The Morgan fingerprint density at radius 3 is 1.80 bits per heavy atom. The van der Waals surface area contributed by atoms with Crippen LogP contribution in [0, 0.1) is 0 Å². The molecular weight excluding hydrogens is 563 g/mol. The molecule has 0 saturated heterocycles. The average molecular weight is 598 g/mol. The van der Waals surface area contributed by atoms with E-state index in [2.05, 4.69) is 154 Å². The van der Waals surface area contributed by atoms with E-state index < -0.39 is 0 Å². The molecule has 7 aromatic rings. The molecule has 2 aliphatic rings. The van der Waals surface area contributed by atoms with Crippen LogP contribution >= 0.6 is 11.3 Å². The van der Waals surface area contributed by atoms with Crippen LogP contribution in [0.15, 0.2) is 121 Å². The van der Waals surface area contributed by atoms with E-state index >= 15 is 0 Å². The summed E-state index contributed by atoms with van der Waals surface area (Å²) in [5.74, 6) is 0.904. The Morgan fingerprint density at radius 2 is 1.09 bits per heavy atom. The number of hydrogen-bond donors (Lipinski definition) is 1. The molecule has 0 unspecified atom stereocenters. The summed E-state index contributed by atoms with van der Waals surface area (Å²) >= 11 is 1.87. The van der Waals surface area contributed by atoms with Crippen molar-refractivity contribution in [1.29, 1.82) is 0 Å². The maximum absolute atomic E-state index is 3.89. The minimum atomic E-state index is -0.367. The highest BCUT2D eigenvalue weighted by Gasteiger charge is 2.52. The van der Waals surface area contributed by atoms with Gasteiger partial charge in [0.15, 0.2) is 0 Å². The van der Waals surface area contributed by atoms with Gasteiger partial charge in [-0.05, 0) is 91.7 Å². The molecule has 0 bridgehead atoms. The van der Waals surface area contributed by atoms with E-state index in [0.717, 1.165) is 11.4 Å². The van der Waals surface area contributed by atoms with Crippen molar-refractivity contribution in [3.8, 4) is 22.3 Å². The third kappa shape index (κ3) is 3.66. The molecule has 1 nitrogen and oxygen atoms in total. The van der Waals surface area contributed by atoms with Gasteiger partial charge in [-0.15, -0.1) is 11.3 Å². The fourth-order valence-corrected chi connectivity index (χ4v) is 9.19. The molecule has 0 saturated carbocycles. The van der Waals surface area contributed by atoms with Crippen LogP contribution < -0.4 is 5.32 Å². The van der Waals surface area contributed by atoms with Crippen molar-refractivity contribution < 1.29 is 0 Å². The first-order valence-electron chi connectivity index (χ1n) is 16.2. The lowest BCUT2D eigenvalue weighted by Gasteiger charge is -2.31. The summed E-state index contributed by atoms with van der Waals surface area (Å²) in [5.41, 5.74) is 15.7. The lowest BCUT2D eigenvalue weighted by atomic mass is 9.69. The second-order valence-electron chi connectivity index (χ2n) is 13.4. The van der Waals surface area contributed by atoms with Crippen LogP contribution in [-0.2, 0) is 5.41 Å². The van der Waals surface area contributed by atoms with E-state index in [0.29, 0.717) is 11.8 Å². The molecule has 1 N–H and O–H groups in total. The predicted octanol–water partition coefficient (Wildman–Crippen LogP) is 12.4. The fraction of sp³-hybridized carbons (Fsp3) is 0.163. The first-order valence-corrected chi connectivity index (χ1v) is 17.0. The van der Waals surface area contributed by atoms with Crippen LogP contribution in [-0.4, -0.2) is 0 Å². The fourth-order valence-electron chi connectivity index (χ4n) is 8.02. The molecule has 6 aromatic carbocycles. The van der Waals surface area contributed by atoms with Gasteiger partial charge in [0.25, 0.3) is 0 Å². The number of fused-ring (bicyclic) bond motifs is 13.